The van der Waals surface area contributed by atoms with Crippen LogP contribution in [0.1, 0.15) is 19.3 Å². The Morgan fingerprint density at radius 3 is 2.91 bits per heavy atom. The molecule has 0 fully saturated rings. The minimum absolute atomic E-state index is 0.0928. The Bertz CT molecular complexity index is 169. The molecule has 0 unspecified atom stereocenters. The van der Waals surface area contributed by atoms with Gasteiger partial charge in [0.1, 0.15) is 6.29 Å². The smallest absolute Gasteiger partial charge is 0.220 e. The van der Waals surface area contributed by atoms with Crippen molar-refractivity contribution in [1.29, 1.82) is 0 Å². The number of nitrogens with one attached hydrogen (secondary N) is 1. The van der Waals surface area contributed by atoms with Gasteiger partial charge in [0.15, 0.2) is 0 Å². The molecule has 0 radical (unpaired) electrons. The van der Waals surface area contributed by atoms with Crippen molar-refractivity contribution < 1.29 is 9.59 Å². The quantitative estimate of drug-likeness (QED) is 0.346. The van der Waals surface area contributed by atoms with E-state index >= 15 is 0 Å². The zero-order valence-electron chi connectivity index (χ0n) is 6.30. The molecular weight excluding hydrogens is 142 g/mol. The van der Waals surface area contributed by atoms with Crippen molar-refractivity contribution in [3.63, 3.8) is 0 Å². The molecule has 11 heavy (non-hydrogen) atoms. The van der Waals surface area contributed by atoms with Gasteiger partial charge in [0.2, 0.25) is 5.91 Å². The Morgan fingerprint density at radius 1 is 1.64 bits per heavy atom. The number of carbonyl (C=O) groups is 2. The third-order valence-corrected chi connectivity index (χ3v) is 1.11. The van der Waals surface area contributed by atoms with Gasteiger partial charge < -0.3 is 10.1 Å². The van der Waals surface area contributed by atoms with Crippen molar-refractivity contribution in [3.8, 4) is 12.3 Å². The second-order valence-corrected chi connectivity index (χ2v) is 2.04. The van der Waals surface area contributed by atoms with Crippen molar-refractivity contribution in [2.24, 2.45) is 0 Å². The van der Waals surface area contributed by atoms with Gasteiger partial charge in [-0.25, -0.2) is 0 Å². The number of terminal acetylenes is 1. The molecule has 0 aromatic carbocycles. The van der Waals surface area contributed by atoms with Gasteiger partial charge in [-0.3, -0.25) is 4.79 Å². The predicted molar refractivity (Wildman–Crippen MR) is 41.8 cm³/mol. The van der Waals surface area contributed by atoms with Crippen LogP contribution in [0.5, 0.6) is 0 Å². The molecule has 0 rings (SSSR count). The first-order chi connectivity index (χ1) is 5.31. The van der Waals surface area contributed by atoms with E-state index in [2.05, 4.69) is 11.2 Å². The lowest BCUT2D eigenvalue weighted by atomic mass is 10.2. The second kappa shape index (κ2) is 6.81. The number of hydrogen-bond acceptors (Lipinski definition) is 2. The van der Waals surface area contributed by atoms with Gasteiger partial charge in [0.05, 0.1) is 6.54 Å². The third-order valence-electron chi connectivity index (χ3n) is 1.11. The van der Waals surface area contributed by atoms with Crippen molar-refractivity contribution in [2.45, 2.75) is 19.3 Å². The molecule has 3 heteroatoms. The summed E-state index contributed by atoms with van der Waals surface area (Å²) in [5, 5.41) is 2.50. The van der Waals surface area contributed by atoms with Gasteiger partial charge in [0, 0.05) is 12.8 Å². The Hall–Kier alpha value is -1.30. The molecule has 0 spiro atoms. The number of hydrogen-bond donors (Lipinski definition) is 1. The number of carbonyl (C=O) groups excluding carboxylic acids is 2. The summed E-state index contributed by atoms with van der Waals surface area (Å²) in [4.78, 5) is 20.6. The van der Waals surface area contributed by atoms with Crippen LogP contribution in [-0.4, -0.2) is 18.7 Å². The summed E-state index contributed by atoms with van der Waals surface area (Å²) in [6.07, 6.45) is 7.12. The molecule has 60 valence electrons. The Morgan fingerprint density at radius 2 is 2.36 bits per heavy atom. The van der Waals surface area contributed by atoms with Gasteiger partial charge in [-0.2, -0.15) is 0 Å². The molecule has 0 saturated heterocycles. The molecule has 0 aromatic heterocycles. The fourth-order valence-corrected chi connectivity index (χ4v) is 0.584. The minimum Gasteiger partial charge on any atom is -0.345 e. The topological polar surface area (TPSA) is 46.2 Å². The fraction of sp³-hybridized carbons (Fsp3) is 0.500. The van der Waals surface area contributed by atoms with E-state index < -0.39 is 0 Å². The van der Waals surface area contributed by atoms with Crippen molar-refractivity contribution >= 4 is 12.2 Å². The molecule has 0 saturated carbocycles. The lowest BCUT2D eigenvalue weighted by molar-refractivity contribution is -0.120. The van der Waals surface area contributed by atoms with Gasteiger partial charge in [-0.15, -0.1) is 6.42 Å². The summed E-state index contributed by atoms with van der Waals surface area (Å²) in [6.45, 7) is 0.264. The molecule has 0 aliphatic carbocycles. The van der Waals surface area contributed by atoms with Crippen LogP contribution >= 0.6 is 0 Å². The van der Waals surface area contributed by atoms with Crippen molar-refractivity contribution in [1.82, 2.24) is 5.32 Å². The summed E-state index contributed by atoms with van der Waals surface area (Å²) >= 11 is 0. The normalized spacial score (nSPS) is 8.27. The fourth-order valence-electron chi connectivity index (χ4n) is 0.584. The van der Waals surface area contributed by atoms with Crippen LogP contribution in [0.15, 0.2) is 0 Å². The van der Waals surface area contributed by atoms with E-state index in [0.717, 1.165) is 6.29 Å². The highest BCUT2D eigenvalue weighted by molar-refractivity contribution is 5.76. The summed E-state index contributed by atoms with van der Waals surface area (Å²) in [7, 11) is 0. The standard InChI is InChI=1S/C8H11NO2/c1-2-6-9-8(11)5-3-4-7-10/h1,7H,3-6H2,(H,9,11). The Balaban J connectivity index is 3.24. The molecule has 0 heterocycles. The lowest BCUT2D eigenvalue weighted by Gasteiger charge is -1.97. The maximum Gasteiger partial charge on any atom is 0.220 e. The monoisotopic (exact) mass is 153 g/mol. The molecule has 0 aliphatic rings. The summed E-state index contributed by atoms with van der Waals surface area (Å²) in [5.74, 6) is 2.19. The van der Waals surface area contributed by atoms with E-state index in [1.54, 1.807) is 0 Å². The average molecular weight is 153 g/mol. The molecular formula is C8H11NO2. The van der Waals surface area contributed by atoms with Crippen LogP contribution in [-0.2, 0) is 9.59 Å². The molecule has 0 atom stereocenters. The maximum atomic E-state index is 10.8. The van der Waals surface area contributed by atoms with Crippen molar-refractivity contribution in [3.05, 3.63) is 0 Å². The van der Waals surface area contributed by atoms with Crippen LogP contribution in [0, 0.1) is 12.3 Å². The Kier molecular flexibility index (Phi) is 6.01. The predicted octanol–water partition coefficient (Wildman–Crippen LogP) is 0.105. The number of unbranched alkanes of at least 4 members (excludes halogenated alkanes) is 1. The summed E-state index contributed by atoms with van der Waals surface area (Å²) in [5.41, 5.74) is 0. The van der Waals surface area contributed by atoms with E-state index in [0.29, 0.717) is 19.3 Å². The van der Waals surface area contributed by atoms with Crippen LogP contribution < -0.4 is 5.32 Å². The van der Waals surface area contributed by atoms with E-state index in [9.17, 15) is 9.59 Å². The van der Waals surface area contributed by atoms with Crippen LogP contribution in [0.2, 0.25) is 0 Å². The van der Waals surface area contributed by atoms with Crippen LogP contribution in [0.25, 0.3) is 0 Å². The van der Waals surface area contributed by atoms with Gasteiger partial charge in [0.25, 0.3) is 0 Å². The highest BCUT2D eigenvalue weighted by Crippen LogP contribution is 1.90. The molecule has 0 bridgehead atoms. The largest absolute Gasteiger partial charge is 0.345 e. The molecule has 0 aromatic rings. The first-order valence-corrected chi connectivity index (χ1v) is 3.45. The number of aldehydes is 1. The molecule has 0 aliphatic heterocycles. The van der Waals surface area contributed by atoms with Gasteiger partial charge in [-0.1, -0.05) is 5.92 Å². The highest BCUT2D eigenvalue weighted by Gasteiger charge is 1.97. The molecule has 3 nitrogen and oxygen atoms in total. The van der Waals surface area contributed by atoms with Crippen LogP contribution in [0.3, 0.4) is 0 Å². The Labute approximate surface area is 66.2 Å². The number of amides is 1. The molecule has 1 N–H and O–H groups in total. The van der Waals surface area contributed by atoms with Crippen molar-refractivity contribution in [2.75, 3.05) is 6.54 Å². The zero-order chi connectivity index (χ0) is 8.53. The van der Waals surface area contributed by atoms with E-state index in [1.807, 2.05) is 0 Å². The lowest BCUT2D eigenvalue weighted by Crippen LogP contribution is -2.22. The first kappa shape index (κ1) is 9.70. The van der Waals surface area contributed by atoms with Gasteiger partial charge >= 0.3 is 0 Å². The van der Waals surface area contributed by atoms with E-state index in [1.165, 1.54) is 0 Å². The van der Waals surface area contributed by atoms with E-state index in [4.69, 9.17) is 6.42 Å². The summed E-state index contributed by atoms with van der Waals surface area (Å²) < 4.78 is 0. The highest BCUT2D eigenvalue weighted by atomic mass is 16.1. The summed E-state index contributed by atoms with van der Waals surface area (Å²) in [6, 6.07) is 0. The SMILES string of the molecule is C#CCNC(=O)CCCC=O. The van der Waals surface area contributed by atoms with E-state index in [-0.39, 0.29) is 12.5 Å². The average Bonchev–Trinajstić information content (AvgIpc) is 2.01. The van der Waals surface area contributed by atoms with Crippen LogP contribution in [0.4, 0.5) is 0 Å². The zero-order valence-corrected chi connectivity index (χ0v) is 6.30. The second-order valence-electron chi connectivity index (χ2n) is 2.04. The first-order valence-electron chi connectivity index (χ1n) is 3.45. The maximum absolute atomic E-state index is 10.8. The minimum atomic E-state index is -0.0928. The van der Waals surface area contributed by atoms with Gasteiger partial charge in [-0.05, 0) is 6.42 Å². The third kappa shape index (κ3) is 6.59. The molecule has 1 amide bonds. The number of rotatable bonds is 5.